The zero-order valence-electron chi connectivity index (χ0n) is 10.4. The minimum absolute atomic E-state index is 0.470. The summed E-state index contributed by atoms with van der Waals surface area (Å²) in [6, 6.07) is 5.38. The molecule has 3 nitrogen and oxygen atoms in total. The van der Waals surface area contributed by atoms with Gasteiger partial charge in [0.15, 0.2) is 0 Å². The van der Waals surface area contributed by atoms with Crippen LogP contribution in [-0.2, 0) is 16.1 Å². The van der Waals surface area contributed by atoms with Crippen LogP contribution in [0.2, 0.25) is 5.02 Å². The van der Waals surface area contributed by atoms with Crippen LogP contribution in [-0.4, -0.2) is 19.8 Å². The van der Waals surface area contributed by atoms with Gasteiger partial charge in [-0.1, -0.05) is 25.4 Å². The van der Waals surface area contributed by atoms with E-state index in [0.29, 0.717) is 36.4 Å². The van der Waals surface area contributed by atoms with Crippen molar-refractivity contribution < 1.29 is 9.47 Å². The van der Waals surface area contributed by atoms with Crippen molar-refractivity contribution in [3.63, 3.8) is 0 Å². The molecule has 0 fully saturated rings. The molecule has 0 aliphatic rings. The number of anilines is 1. The van der Waals surface area contributed by atoms with E-state index in [1.54, 1.807) is 12.1 Å². The van der Waals surface area contributed by atoms with E-state index in [0.717, 1.165) is 12.2 Å². The molecule has 1 aromatic rings. The zero-order chi connectivity index (χ0) is 12.7. The molecule has 4 heteroatoms. The van der Waals surface area contributed by atoms with Crippen molar-refractivity contribution in [1.82, 2.24) is 0 Å². The smallest absolute Gasteiger partial charge is 0.0738 e. The molecule has 17 heavy (non-hydrogen) atoms. The third-order valence-electron chi connectivity index (χ3n) is 2.19. The van der Waals surface area contributed by atoms with Crippen molar-refractivity contribution in [3.05, 3.63) is 28.8 Å². The van der Waals surface area contributed by atoms with Gasteiger partial charge in [-0.2, -0.15) is 0 Å². The first-order chi connectivity index (χ1) is 8.09. The van der Waals surface area contributed by atoms with Crippen LogP contribution in [0.5, 0.6) is 0 Å². The van der Waals surface area contributed by atoms with E-state index in [2.05, 4.69) is 13.8 Å². The van der Waals surface area contributed by atoms with Gasteiger partial charge in [0, 0.05) is 22.9 Å². The van der Waals surface area contributed by atoms with Gasteiger partial charge in [-0.3, -0.25) is 0 Å². The predicted octanol–water partition coefficient (Wildman–Crippen LogP) is 3.11. The normalized spacial score (nSPS) is 11.1. The molecule has 0 amide bonds. The standard InChI is InChI=1S/C13H20ClNO2/c1-10(2)8-16-5-6-17-9-11-7-12(14)3-4-13(11)15/h3-4,7,10H,5-6,8-9,15H2,1-2H3. The molecular weight excluding hydrogens is 238 g/mol. The molecule has 0 atom stereocenters. The van der Waals surface area contributed by atoms with Gasteiger partial charge in [-0.15, -0.1) is 0 Å². The van der Waals surface area contributed by atoms with Crippen LogP contribution in [0.3, 0.4) is 0 Å². The molecule has 1 aromatic carbocycles. The Morgan fingerprint density at radius 3 is 2.65 bits per heavy atom. The third-order valence-corrected chi connectivity index (χ3v) is 2.42. The summed E-state index contributed by atoms with van der Waals surface area (Å²) in [6.45, 7) is 6.65. The largest absolute Gasteiger partial charge is 0.398 e. The van der Waals surface area contributed by atoms with Crippen LogP contribution in [0.15, 0.2) is 18.2 Å². The number of nitrogen functional groups attached to an aromatic ring is 1. The topological polar surface area (TPSA) is 44.5 Å². The molecule has 0 bridgehead atoms. The van der Waals surface area contributed by atoms with E-state index in [4.69, 9.17) is 26.8 Å². The molecule has 2 N–H and O–H groups in total. The molecule has 0 aliphatic heterocycles. The lowest BCUT2D eigenvalue weighted by atomic mass is 10.2. The van der Waals surface area contributed by atoms with Gasteiger partial charge in [0.25, 0.3) is 0 Å². The van der Waals surface area contributed by atoms with Crippen molar-refractivity contribution >= 4 is 17.3 Å². The Kier molecular flexibility index (Phi) is 6.34. The zero-order valence-corrected chi connectivity index (χ0v) is 11.2. The van der Waals surface area contributed by atoms with Gasteiger partial charge in [-0.25, -0.2) is 0 Å². The lowest BCUT2D eigenvalue weighted by Crippen LogP contribution is -2.09. The highest BCUT2D eigenvalue weighted by atomic mass is 35.5. The molecule has 0 radical (unpaired) electrons. The molecule has 0 saturated carbocycles. The summed E-state index contributed by atoms with van der Waals surface area (Å²) in [4.78, 5) is 0. The van der Waals surface area contributed by atoms with Gasteiger partial charge >= 0.3 is 0 Å². The van der Waals surface area contributed by atoms with E-state index in [1.165, 1.54) is 0 Å². The fraction of sp³-hybridized carbons (Fsp3) is 0.538. The number of ether oxygens (including phenoxy) is 2. The Morgan fingerprint density at radius 2 is 1.94 bits per heavy atom. The summed E-state index contributed by atoms with van der Waals surface area (Å²) in [5.74, 6) is 0.554. The van der Waals surface area contributed by atoms with Crippen LogP contribution < -0.4 is 5.73 Å². The Balaban J connectivity index is 2.20. The lowest BCUT2D eigenvalue weighted by molar-refractivity contribution is 0.0316. The summed E-state index contributed by atoms with van der Waals surface area (Å²) < 4.78 is 10.9. The van der Waals surface area contributed by atoms with Crippen molar-refractivity contribution in [1.29, 1.82) is 0 Å². The van der Waals surface area contributed by atoms with E-state index >= 15 is 0 Å². The first kappa shape index (κ1) is 14.3. The van der Waals surface area contributed by atoms with Gasteiger partial charge < -0.3 is 15.2 Å². The SMILES string of the molecule is CC(C)COCCOCc1cc(Cl)ccc1N. The maximum absolute atomic E-state index is 5.88. The average Bonchev–Trinajstić information content (AvgIpc) is 2.27. The number of halogens is 1. The summed E-state index contributed by atoms with van der Waals surface area (Å²) in [7, 11) is 0. The van der Waals surface area contributed by atoms with Crippen LogP contribution in [0.4, 0.5) is 5.69 Å². The summed E-state index contributed by atoms with van der Waals surface area (Å²) in [6.07, 6.45) is 0. The number of hydrogen-bond donors (Lipinski definition) is 1. The second-order valence-electron chi connectivity index (χ2n) is 4.36. The Hall–Kier alpha value is -0.770. The van der Waals surface area contributed by atoms with E-state index in [-0.39, 0.29) is 0 Å². The molecule has 1 rings (SSSR count). The summed E-state index contributed by atoms with van der Waals surface area (Å²) in [5, 5.41) is 0.675. The van der Waals surface area contributed by atoms with Crippen LogP contribution >= 0.6 is 11.6 Å². The Morgan fingerprint density at radius 1 is 1.24 bits per heavy atom. The average molecular weight is 258 g/mol. The number of benzene rings is 1. The molecular formula is C13H20ClNO2. The van der Waals surface area contributed by atoms with Gasteiger partial charge in [0.2, 0.25) is 0 Å². The van der Waals surface area contributed by atoms with Crippen molar-refractivity contribution in [2.24, 2.45) is 5.92 Å². The highest BCUT2D eigenvalue weighted by Gasteiger charge is 2.00. The Labute approximate surface area is 108 Å². The molecule has 0 spiro atoms. The summed E-state index contributed by atoms with van der Waals surface area (Å²) >= 11 is 5.88. The fourth-order valence-electron chi connectivity index (χ4n) is 1.32. The number of rotatable bonds is 7. The quantitative estimate of drug-likeness (QED) is 0.603. The molecule has 96 valence electrons. The minimum atomic E-state index is 0.470. The van der Waals surface area contributed by atoms with Crippen LogP contribution in [0, 0.1) is 5.92 Å². The molecule has 0 aromatic heterocycles. The van der Waals surface area contributed by atoms with Crippen molar-refractivity contribution in [2.45, 2.75) is 20.5 Å². The molecule has 0 aliphatic carbocycles. The maximum atomic E-state index is 5.88. The van der Waals surface area contributed by atoms with Crippen LogP contribution in [0.1, 0.15) is 19.4 Å². The first-order valence-corrected chi connectivity index (χ1v) is 6.16. The van der Waals surface area contributed by atoms with Gasteiger partial charge in [-0.05, 0) is 24.1 Å². The lowest BCUT2D eigenvalue weighted by Gasteiger charge is -2.09. The second-order valence-corrected chi connectivity index (χ2v) is 4.80. The van der Waals surface area contributed by atoms with Crippen LogP contribution in [0.25, 0.3) is 0 Å². The fourth-order valence-corrected chi connectivity index (χ4v) is 1.51. The second kappa shape index (κ2) is 7.54. The minimum Gasteiger partial charge on any atom is -0.398 e. The van der Waals surface area contributed by atoms with Crippen molar-refractivity contribution in [2.75, 3.05) is 25.6 Å². The van der Waals surface area contributed by atoms with E-state index in [9.17, 15) is 0 Å². The first-order valence-electron chi connectivity index (χ1n) is 5.79. The van der Waals surface area contributed by atoms with Crippen molar-refractivity contribution in [3.8, 4) is 0 Å². The van der Waals surface area contributed by atoms with E-state index in [1.807, 2.05) is 6.07 Å². The number of hydrogen-bond acceptors (Lipinski definition) is 3. The third kappa shape index (κ3) is 5.91. The molecule has 0 heterocycles. The van der Waals surface area contributed by atoms with Gasteiger partial charge in [0.05, 0.1) is 19.8 Å². The highest BCUT2D eigenvalue weighted by molar-refractivity contribution is 6.30. The van der Waals surface area contributed by atoms with E-state index < -0.39 is 0 Å². The monoisotopic (exact) mass is 257 g/mol. The van der Waals surface area contributed by atoms with Gasteiger partial charge in [0.1, 0.15) is 0 Å². The highest BCUT2D eigenvalue weighted by Crippen LogP contribution is 2.18. The maximum Gasteiger partial charge on any atom is 0.0738 e. The number of nitrogens with two attached hydrogens (primary N) is 1. The molecule has 0 saturated heterocycles. The Bertz CT molecular complexity index is 342. The predicted molar refractivity (Wildman–Crippen MR) is 71.2 cm³/mol. The summed E-state index contributed by atoms with van der Waals surface area (Å²) in [5.41, 5.74) is 7.42. The molecule has 0 unspecified atom stereocenters.